The van der Waals surface area contributed by atoms with Crippen LogP contribution >= 0.6 is 0 Å². The first-order valence-electron chi connectivity index (χ1n) is 6.66. The van der Waals surface area contributed by atoms with Crippen LogP contribution in [0.3, 0.4) is 0 Å². The third-order valence-corrected chi connectivity index (χ3v) is 3.40. The standard InChI is InChI=1S/C15H24N2O2/c1-5-17(15(18)11(2)12(3)16)10-13-6-8-14(19-4)9-7-13/h6-9,11-12H,5,10,16H2,1-4H3. The van der Waals surface area contributed by atoms with Crippen LogP contribution in [0.15, 0.2) is 24.3 Å². The van der Waals surface area contributed by atoms with Crippen LogP contribution in [0.5, 0.6) is 5.75 Å². The summed E-state index contributed by atoms with van der Waals surface area (Å²) in [6.07, 6.45) is 0. The molecule has 0 saturated carbocycles. The van der Waals surface area contributed by atoms with Gasteiger partial charge in [0.15, 0.2) is 0 Å². The number of hydrogen-bond donors (Lipinski definition) is 1. The van der Waals surface area contributed by atoms with Gasteiger partial charge in [-0.05, 0) is 31.5 Å². The van der Waals surface area contributed by atoms with Crippen LogP contribution in [0.2, 0.25) is 0 Å². The maximum absolute atomic E-state index is 12.3. The number of methoxy groups -OCH3 is 1. The molecule has 106 valence electrons. The quantitative estimate of drug-likeness (QED) is 0.855. The van der Waals surface area contributed by atoms with E-state index < -0.39 is 0 Å². The van der Waals surface area contributed by atoms with Crippen LogP contribution in [-0.4, -0.2) is 30.5 Å². The number of hydrogen-bond acceptors (Lipinski definition) is 3. The van der Waals surface area contributed by atoms with Gasteiger partial charge in [-0.1, -0.05) is 19.1 Å². The van der Waals surface area contributed by atoms with Gasteiger partial charge in [-0.15, -0.1) is 0 Å². The topological polar surface area (TPSA) is 55.6 Å². The minimum Gasteiger partial charge on any atom is -0.497 e. The van der Waals surface area contributed by atoms with Crippen LogP contribution in [0, 0.1) is 5.92 Å². The van der Waals surface area contributed by atoms with Crippen molar-refractivity contribution in [3.63, 3.8) is 0 Å². The second-order valence-electron chi connectivity index (χ2n) is 4.85. The summed E-state index contributed by atoms with van der Waals surface area (Å²) in [5.74, 6) is 0.772. The van der Waals surface area contributed by atoms with Gasteiger partial charge in [-0.2, -0.15) is 0 Å². The zero-order valence-corrected chi connectivity index (χ0v) is 12.2. The van der Waals surface area contributed by atoms with Crippen LogP contribution in [0.4, 0.5) is 0 Å². The smallest absolute Gasteiger partial charge is 0.227 e. The summed E-state index contributed by atoms with van der Waals surface area (Å²) in [6.45, 7) is 7.01. The van der Waals surface area contributed by atoms with Crippen molar-refractivity contribution in [3.05, 3.63) is 29.8 Å². The summed E-state index contributed by atoms with van der Waals surface area (Å²) < 4.78 is 5.12. The van der Waals surface area contributed by atoms with Crippen LogP contribution in [0.1, 0.15) is 26.3 Å². The number of amides is 1. The molecule has 2 unspecified atom stereocenters. The van der Waals surface area contributed by atoms with Crippen molar-refractivity contribution in [2.75, 3.05) is 13.7 Å². The molecule has 0 aliphatic carbocycles. The van der Waals surface area contributed by atoms with Gasteiger partial charge < -0.3 is 15.4 Å². The average molecular weight is 264 g/mol. The van der Waals surface area contributed by atoms with Crippen molar-refractivity contribution < 1.29 is 9.53 Å². The molecule has 1 rings (SSSR count). The third-order valence-electron chi connectivity index (χ3n) is 3.40. The summed E-state index contributed by atoms with van der Waals surface area (Å²) in [7, 11) is 1.64. The fraction of sp³-hybridized carbons (Fsp3) is 0.533. The lowest BCUT2D eigenvalue weighted by Gasteiger charge is -2.26. The number of nitrogens with two attached hydrogens (primary N) is 1. The zero-order valence-electron chi connectivity index (χ0n) is 12.2. The van der Waals surface area contributed by atoms with E-state index in [0.29, 0.717) is 13.1 Å². The molecule has 0 aromatic heterocycles. The molecule has 4 nitrogen and oxygen atoms in total. The van der Waals surface area contributed by atoms with Gasteiger partial charge in [0, 0.05) is 19.1 Å². The first kappa shape index (κ1) is 15.5. The van der Waals surface area contributed by atoms with E-state index in [9.17, 15) is 4.79 Å². The highest BCUT2D eigenvalue weighted by Crippen LogP contribution is 2.15. The van der Waals surface area contributed by atoms with Gasteiger partial charge >= 0.3 is 0 Å². The molecule has 2 N–H and O–H groups in total. The molecular formula is C15H24N2O2. The normalized spacial score (nSPS) is 13.7. The number of nitrogens with zero attached hydrogens (tertiary/aromatic N) is 1. The summed E-state index contributed by atoms with van der Waals surface area (Å²) in [5.41, 5.74) is 6.89. The molecule has 4 heteroatoms. The Morgan fingerprint density at radius 3 is 2.32 bits per heavy atom. The SMILES string of the molecule is CCN(Cc1ccc(OC)cc1)C(=O)C(C)C(C)N. The first-order chi connectivity index (χ1) is 8.99. The molecule has 2 atom stereocenters. The van der Waals surface area contributed by atoms with E-state index in [-0.39, 0.29) is 17.9 Å². The van der Waals surface area contributed by atoms with Crippen LogP contribution in [-0.2, 0) is 11.3 Å². The van der Waals surface area contributed by atoms with E-state index in [4.69, 9.17) is 10.5 Å². The van der Waals surface area contributed by atoms with Crippen LogP contribution < -0.4 is 10.5 Å². The Kier molecular flexibility index (Phi) is 5.83. The minimum atomic E-state index is -0.154. The Balaban J connectivity index is 2.72. The molecule has 0 saturated heterocycles. The molecule has 1 aromatic rings. The predicted molar refractivity (Wildman–Crippen MR) is 76.9 cm³/mol. The summed E-state index contributed by atoms with van der Waals surface area (Å²) in [5, 5.41) is 0. The fourth-order valence-corrected chi connectivity index (χ4v) is 1.81. The lowest BCUT2D eigenvalue weighted by atomic mass is 10.0. The van der Waals surface area contributed by atoms with E-state index in [1.54, 1.807) is 7.11 Å². The number of rotatable bonds is 6. The monoisotopic (exact) mass is 264 g/mol. The molecule has 0 aliphatic heterocycles. The van der Waals surface area contributed by atoms with Crippen molar-refractivity contribution in [2.45, 2.75) is 33.4 Å². The Morgan fingerprint density at radius 2 is 1.89 bits per heavy atom. The highest BCUT2D eigenvalue weighted by molar-refractivity contribution is 5.79. The van der Waals surface area contributed by atoms with Gasteiger partial charge in [0.2, 0.25) is 5.91 Å². The van der Waals surface area contributed by atoms with Crippen molar-refractivity contribution >= 4 is 5.91 Å². The molecule has 1 aromatic carbocycles. The molecular weight excluding hydrogens is 240 g/mol. The molecule has 0 radical (unpaired) electrons. The number of carbonyl (C=O) groups excluding carboxylic acids is 1. The maximum Gasteiger partial charge on any atom is 0.227 e. The Morgan fingerprint density at radius 1 is 1.32 bits per heavy atom. The molecule has 0 heterocycles. The van der Waals surface area contributed by atoms with E-state index in [2.05, 4.69) is 0 Å². The molecule has 1 amide bonds. The number of benzene rings is 1. The third kappa shape index (κ3) is 4.24. The van der Waals surface area contributed by atoms with Gasteiger partial charge in [-0.3, -0.25) is 4.79 Å². The van der Waals surface area contributed by atoms with Crippen molar-refractivity contribution in [1.29, 1.82) is 0 Å². The summed E-state index contributed by atoms with van der Waals surface area (Å²) in [4.78, 5) is 14.1. The Hall–Kier alpha value is -1.55. The van der Waals surface area contributed by atoms with Crippen molar-refractivity contribution in [2.24, 2.45) is 11.7 Å². The average Bonchev–Trinajstić information content (AvgIpc) is 2.43. The lowest BCUT2D eigenvalue weighted by molar-refractivity contribution is -0.135. The lowest BCUT2D eigenvalue weighted by Crippen LogP contribution is -2.41. The number of carbonyl (C=O) groups is 1. The van der Waals surface area contributed by atoms with E-state index in [0.717, 1.165) is 11.3 Å². The molecule has 0 spiro atoms. The molecule has 0 aliphatic rings. The van der Waals surface area contributed by atoms with Crippen LogP contribution in [0.25, 0.3) is 0 Å². The maximum atomic E-state index is 12.3. The summed E-state index contributed by atoms with van der Waals surface area (Å²) >= 11 is 0. The van der Waals surface area contributed by atoms with Crippen molar-refractivity contribution in [3.8, 4) is 5.75 Å². The highest BCUT2D eigenvalue weighted by Gasteiger charge is 2.22. The molecule has 0 fully saturated rings. The van der Waals surface area contributed by atoms with E-state index in [1.807, 2.05) is 49.9 Å². The van der Waals surface area contributed by atoms with Crippen molar-refractivity contribution in [1.82, 2.24) is 4.90 Å². The summed E-state index contributed by atoms with van der Waals surface area (Å²) in [6, 6.07) is 7.64. The largest absolute Gasteiger partial charge is 0.497 e. The van der Waals surface area contributed by atoms with Gasteiger partial charge in [0.1, 0.15) is 5.75 Å². The second kappa shape index (κ2) is 7.14. The van der Waals surface area contributed by atoms with Gasteiger partial charge in [0.05, 0.1) is 13.0 Å². The van der Waals surface area contributed by atoms with E-state index in [1.165, 1.54) is 0 Å². The molecule has 19 heavy (non-hydrogen) atoms. The van der Waals surface area contributed by atoms with E-state index >= 15 is 0 Å². The number of ether oxygens (including phenoxy) is 1. The zero-order chi connectivity index (χ0) is 14.4. The first-order valence-corrected chi connectivity index (χ1v) is 6.66. The molecule has 0 bridgehead atoms. The highest BCUT2D eigenvalue weighted by atomic mass is 16.5. The Bertz CT molecular complexity index is 401. The Labute approximate surface area is 115 Å². The van der Waals surface area contributed by atoms with Gasteiger partial charge in [0.25, 0.3) is 0 Å². The van der Waals surface area contributed by atoms with Gasteiger partial charge in [-0.25, -0.2) is 0 Å². The minimum absolute atomic E-state index is 0.105. The fourth-order valence-electron chi connectivity index (χ4n) is 1.81. The second-order valence-corrected chi connectivity index (χ2v) is 4.85. The predicted octanol–water partition coefficient (Wildman–Crippen LogP) is 2.03.